The third-order valence-corrected chi connectivity index (χ3v) is 4.60. The minimum atomic E-state index is -1.05. The second-order valence-electron chi connectivity index (χ2n) is 6.47. The van der Waals surface area contributed by atoms with Gasteiger partial charge in [-0.25, -0.2) is 13.8 Å². The summed E-state index contributed by atoms with van der Waals surface area (Å²) in [4.78, 5) is 24.3. The monoisotopic (exact) mass is 409 g/mol. The molecule has 30 heavy (non-hydrogen) atoms. The SMILES string of the molecule is COCCOc1ccc(F)c(C(=O)c2c[nH]c3ncc(-c4cccnc4)cc23)c1F. The number of aromatic nitrogens is 3. The van der Waals surface area contributed by atoms with Crippen molar-refractivity contribution >= 4 is 16.8 Å². The predicted octanol–water partition coefficient (Wildman–Crippen LogP) is 4.16. The van der Waals surface area contributed by atoms with Crippen molar-refractivity contribution in [1.82, 2.24) is 15.0 Å². The van der Waals surface area contributed by atoms with E-state index in [9.17, 15) is 13.6 Å². The van der Waals surface area contributed by atoms with Gasteiger partial charge in [-0.1, -0.05) is 6.07 Å². The molecule has 0 radical (unpaired) electrons. The lowest BCUT2D eigenvalue weighted by molar-refractivity contribution is 0.103. The average molecular weight is 409 g/mol. The highest BCUT2D eigenvalue weighted by Crippen LogP contribution is 2.29. The van der Waals surface area contributed by atoms with E-state index < -0.39 is 23.0 Å². The Morgan fingerprint density at radius 3 is 2.77 bits per heavy atom. The van der Waals surface area contributed by atoms with Crippen LogP contribution in [0.5, 0.6) is 5.75 Å². The van der Waals surface area contributed by atoms with Crippen molar-refractivity contribution in [1.29, 1.82) is 0 Å². The fraction of sp³-hybridized carbons (Fsp3) is 0.136. The Hall–Kier alpha value is -3.65. The number of pyridine rings is 2. The Morgan fingerprint density at radius 1 is 1.13 bits per heavy atom. The van der Waals surface area contributed by atoms with Crippen LogP contribution in [0.15, 0.2) is 55.1 Å². The molecule has 152 valence electrons. The molecule has 6 nitrogen and oxygen atoms in total. The van der Waals surface area contributed by atoms with E-state index in [0.717, 1.165) is 23.3 Å². The lowest BCUT2D eigenvalue weighted by atomic mass is 10.0. The molecule has 0 amide bonds. The number of nitrogens with one attached hydrogen (secondary N) is 1. The molecule has 1 aromatic carbocycles. The van der Waals surface area contributed by atoms with Crippen LogP contribution in [0.25, 0.3) is 22.2 Å². The number of hydrogen-bond donors (Lipinski definition) is 1. The molecular formula is C22H17F2N3O3. The predicted molar refractivity (Wildman–Crippen MR) is 106 cm³/mol. The van der Waals surface area contributed by atoms with Gasteiger partial charge in [-0.3, -0.25) is 9.78 Å². The number of aromatic amines is 1. The summed E-state index contributed by atoms with van der Waals surface area (Å²) >= 11 is 0. The van der Waals surface area contributed by atoms with E-state index >= 15 is 0 Å². The van der Waals surface area contributed by atoms with Gasteiger partial charge in [0.25, 0.3) is 0 Å². The molecular weight excluding hydrogens is 392 g/mol. The number of rotatable bonds is 7. The van der Waals surface area contributed by atoms with Gasteiger partial charge in [0.05, 0.1) is 12.2 Å². The Bertz CT molecular complexity index is 1210. The zero-order valence-corrected chi connectivity index (χ0v) is 16.0. The van der Waals surface area contributed by atoms with Crippen molar-refractivity contribution in [3.63, 3.8) is 0 Å². The van der Waals surface area contributed by atoms with E-state index in [1.54, 1.807) is 30.7 Å². The number of halogens is 2. The van der Waals surface area contributed by atoms with E-state index in [1.807, 2.05) is 6.07 Å². The first kappa shape index (κ1) is 19.7. The molecule has 0 saturated carbocycles. The Morgan fingerprint density at radius 2 is 2.00 bits per heavy atom. The van der Waals surface area contributed by atoms with Gasteiger partial charge in [0.15, 0.2) is 11.6 Å². The van der Waals surface area contributed by atoms with Gasteiger partial charge in [-0.05, 0) is 24.3 Å². The molecule has 0 aliphatic rings. The van der Waals surface area contributed by atoms with Gasteiger partial charge >= 0.3 is 0 Å². The van der Waals surface area contributed by atoms with Crippen LogP contribution in [0, 0.1) is 11.6 Å². The number of fused-ring (bicyclic) bond motifs is 1. The normalized spacial score (nSPS) is 11.0. The first-order valence-electron chi connectivity index (χ1n) is 9.12. The first-order valence-corrected chi connectivity index (χ1v) is 9.12. The summed E-state index contributed by atoms with van der Waals surface area (Å²) in [5, 5.41) is 0.450. The number of carbonyl (C=O) groups excluding carboxylic acids is 1. The Kier molecular flexibility index (Phi) is 5.49. The van der Waals surface area contributed by atoms with Crippen LogP contribution < -0.4 is 4.74 Å². The van der Waals surface area contributed by atoms with Crippen LogP contribution in [-0.2, 0) is 4.74 Å². The topological polar surface area (TPSA) is 77.1 Å². The molecule has 0 fully saturated rings. The van der Waals surface area contributed by atoms with Crippen molar-refractivity contribution in [3.8, 4) is 16.9 Å². The number of benzene rings is 1. The van der Waals surface area contributed by atoms with E-state index in [2.05, 4.69) is 15.0 Å². The number of methoxy groups -OCH3 is 1. The van der Waals surface area contributed by atoms with Crippen LogP contribution in [0.3, 0.4) is 0 Å². The third-order valence-electron chi connectivity index (χ3n) is 4.60. The van der Waals surface area contributed by atoms with Gasteiger partial charge in [0, 0.05) is 54.0 Å². The number of nitrogens with zero attached hydrogens (tertiary/aromatic N) is 2. The minimum Gasteiger partial charge on any atom is -0.488 e. The summed E-state index contributed by atoms with van der Waals surface area (Å²) in [6.45, 7) is 0.295. The number of H-pyrrole nitrogens is 1. The van der Waals surface area contributed by atoms with E-state index in [4.69, 9.17) is 9.47 Å². The van der Waals surface area contributed by atoms with E-state index in [-0.39, 0.29) is 24.5 Å². The second-order valence-corrected chi connectivity index (χ2v) is 6.47. The number of ketones is 1. The molecule has 0 atom stereocenters. The van der Waals surface area contributed by atoms with Crippen LogP contribution in [0.1, 0.15) is 15.9 Å². The van der Waals surface area contributed by atoms with Crippen LogP contribution in [0.2, 0.25) is 0 Å². The van der Waals surface area contributed by atoms with Gasteiger partial charge in [-0.2, -0.15) is 0 Å². The fourth-order valence-corrected chi connectivity index (χ4v) is 3.11. The maximum Gasteiger partial charge on any atom is 0.201 e. The Labute approximate surface area is 170 Å². The van der Waals surface area contributed by atoms with Crippen LogP contribution in [-0.4, -0.2) is 41.1 Å². The quantitative estimate of drug-likeness (QED) is 0.366. The highest BCUT2D eigenvalue weighted by molar-refractivity contribution is 6.16. The fourth-order valence-electron chi connectivity index (χ4n) is 3.11. The molecule has 0 aliphatic carbocycles. The zero-order chi connectivity index (χ0) is 21.1. The van der Waals surface area contributed by atoms with Crippen molar-refractivity contribution in [2.75, 3.05) is 20.3 Å². The molecule has 3 aromatic heterocycles. The average Bonchev–Trinajstić information content (AvgIpc) is 3.19. The largest absolute Gasteiger partial charge is 0.488 e. The number of hydrogen-bond acceptors (Lipinski definition) is 5. The summed E-state index contributed by atoms with van der Waals surface area (Å²) in [5.41, 5.74) is 1.38. The molecule has 1 N–H and O–H groups in total. The van der Waals surface area contributed by atoms with E-state index in [1.165, 1.54) is 13.3 Å². The molecule has 0 unspecified atom stereocenters. The molecule has 0 aliphatic heterocycles. The zero-order valence-electron chi connectivity index (χ0n) is 16.0. The van der Waals surface area contributed by atoms with Crippen molar-refractivity contribution in [2.24, 2.45) is 0 Å². The van der Waals surface area contributed by atoms with Crippen molar-refractivity contribution in [3.05, 3.63) is 77.9 Å². The van der Waals surface area contributed by atoms with Crippen LogP contribution >= 0.6 is 0 Å². The summed E-state index contributed by atoms with van der Waals surface area (Å²) in [6, 6.07) is 7.52. The van der Waals surface area contributed by atoms with Crippen molar-refractivity contribution in [2.45, 2.75) is 0 Å². The first-order chi connectivity index (χ1) is 14.6. The third kappa shape index (κ3) is 3.65. The van der Waals surface area contributed by atoms with E-state index in [0.29, 0.717) is 11.0 Å². The number of carbonyl (C=O) groups is 1. The molecule has 0 spiro atoms. The van der Waals surface area contributed by atoms with Gasteiger partial charge in [0.1, 0.15) is 18.1 Å². The lowest BCUT2D eigenvalue weighted by Gasteiger charge is -2.10. The highest BCUT2D eigenvalue weighted by atomic mass is 19.1. The second kappa shape index (κ2) is 8.38. The molecule has 4 rings (SSSR count). The molecule has 0 bridgehead atoms. The summed E-state index contributed by atoms with van der Waals surface area (Å²) in [7, 11) is 1.48. The van der Waals surface area contributed by atoms with Crippen molar-refractivity contribution < 1.29 is 23.0 Å². The molecule has 0 saturated heterocycles. The summed E-state index contributed by atoms with van der Waals surface area (Å²) in [5.74, 6) is -3.05. The number of ether oxygens (including phenoxy) is 2. The maximum absolute atomic E-state index is 14.9. The standard InChI is InChI=1S/C22H17F2N3O3/c1-29-7-8-30-18-5-4-17(23)19(20(18)24)21(28)16-12-27-22-15(16)9-14(11-26-22)13-3-2-6-25-10-13/h2-6,9-12H,7-8H2,1H3,(H,26,27). The summed E-state index contributed by atoms with van der Waals surface area (Å²) < 4.78 is 39.4. The lowest BCUT2D eigenvalue weighted by Crippen LogP contribution is -2.11. The summed E-state index contributed by atoms with van der Waals surface area (Å²) in [6.07, 6.45) is 6.34. The molecule has 4 aromatic rings. The van der Waals surface area contributed by atoms with Gasteiger partial charge in [0.2, 0.25) is 5.78 Å². The highest BCUT2D eigenvalue weighted by Gasteiger charge is 2.25. The molecule has 3 heterocycles. The van der Waals surface area contributed by atoms with Gasteiger partial charge < -0.3 is 14.5 Å². The van der Waals surface area contributed by atoms with Crippen LogP contribution in [0.4, 0.5) is 8.78 Å². The Balaban J connectivity index is 1.76. The smallest absolute Gasteiger partial charge is 0.201 e. The minimum absolute atomic E-state index is 0.0676. The maximum atomic E-state index is 14.9. The molecule has 8 heteroatoms. The van der Waals surface area contributed by atoms with Gasteiger partial charge in [-0.15, -0.1) is 0 Å².